The van der Waals surface area contributed by atoms with Crippen molar-refractivity contribution in [2.45, 2.75) is 38.2 Å². The van der Waals surface area contributed by atoms with E-state index in [-0.39, 0.29) is 0 Å². The second-order valence-corrected chi connectivity index (χ2v) is 6.62. The number of pyridine rings is 1. The third-order valence-electron chi connectivity index (χ3n) is 5.37. The van der Waals surface area contributed by atoms with Crippen molar-refractivity contribution < 1.29 is 5.11 Å². The van der Waals surface area contributed by atoms with E-state index in [9.17, 15) is 5.11 Å². The topological polar surface area (TPSA) is 33.1 Å². The Bertz CT molecular complexity index is 624. The minimum Gasteiger partial charge on any atom is -0.387 e. The zero-order valence-electron chi connectivity index (χ0n) is 11.7. The summed E-state index contributed by atoms with van der Waals surface area (Å²) < 4.78 is 0. The molecule has 2 aromatic rings. The highest BCUT2D eigenvalue weighted by atomic mass is 16.3. The summed E-state index contributed by atoms with van der Waals surface area (Å²) in [5, 5.41) is 11.6. The Hall–Kier alpha value is -1.41. The van der Waals surface area contributed by atoms with Crippen molar-refractivity contribution in [2.24, 2.45) is 17.8 Å². The van der Waals surface area contributed by atoms with Crippen molar-refractivity contribution in [3.05, 3.63) is 42.1 Å². The van der Waals surface area contributed by atoms with Gasteiger partial charge in [-0.05, 0) is 55.6 Å². The molecule has 1 heterocycles. The van der Waals surface area contributed by atoms with Crippen LogP contribution in [-0.4, -0.2) is 10.1 Å². The number of rotatable bonds is 3. The van der Waals surface area contributed by atoms with Crippen LogP contribution in [0.1, 0.15) is 43.9 Å². The van der Waals surface area contributed by atoms with Crippen molar-refractivity contribution >= 4 is 10.9 Å². The van der Waals surface area contributed by atoms with Crippen molar-refractivity contribution in [2.75, 3.05) is 0 Å². The summed E-state index contributed by atoms with van der Waals surface area (Å²) in [7, 11) is 0. The van der Waals surface area contributed by atoms with E-state index < -0.39 is 6.10 Å². The Balaban J connectivity index is 1.53. The maximum atomic E-state index is 10.5. The minimum absolute atomic E-state index is 0.399. The smallest absolute Gasteiger partial charge is 0.0962 e. The van der Waals surface area contributed by atoms with Gasteiger partial charge in [-0.3, -0.25) is 4.98 Å². The molecule has 0 saturated heterocycles. The predicted octanol–water partition coefficient (Wildman–Crippen LogP) is 4.09. The molecule has 2 bridgehead atoms. The van der Waals surface area contributed by atoms with Gasteiger partial charge in [-0.1, -0.05) is 30.7 Å². The van der Waals surface area contributed by atoms with E-state index in [1.54, 1.807) is 0 Å². The Morgan fingerprint density at radius 3 is 2.80 bits per heavy atom. The Morgan fingerprint density at radius 2 is 2.00 bits per heavy atom. The lowest BCUT2D eigenvalue weighted by atomic mass is 9.84. The fraction of sp³-hybridized carbons (Fsp3) is 0.500. The van der Waals surface area contributed by atoms with E-state index in [2.05, 4.69) is 17.1 Å². The molecule has 1 aromatic heterocycles. The van der Waals surface area contributed by atoms with Crippen molar-refractivity contribution in [1.82, 2.24) is 4.98 Å². The van der Waals surface area contributed by atoms with Gasteiger partial charge in [0.25, 0.3) is 0 Å². The zero-order chi connectivity index (χ0) is 13.5. The molecule has 2 aliphatic carbocycles. The van der Waals surface area contributed by atoms with Crippen LogP contribution in [-0.2, 0) is 0 Å². The highest BCUT2D eigenvalue weighted by Crippen LogP contribution is 2.50. The average molecular weight is 267 g/mol. The fourth-order valence-corrected chi connectivity index (χ4v) is 4.34. The third kappa shape index (κ3) is 2.12. The zero-order valence-corrected chi connectivity index (χ0v) is 11.7. The molecule has 4 rings (SSSR count). The molecule has 2 saturated carbocycles. The largest absolute Gasteiger partial charge is 0.387 e. The van der Waals surface area contributed by atoms with Crippen LogP contribution in [0.4, 0.5) is 0 Å². The number of hydrogen-bond acceptors (Lipinski definition) is 2. The van der Waals surface area contributed by atoms with Gasteiger partial charge >= 0.3 is 0 Å². The number of aliphatic hydroxyl groups excluding tert-OH is 1. The Kier molecular flexibility index (Phi) is 2.99. The first-order valence-corrected chi connectivity index (χ1v) is 7.83. The number of aromatic nitrogens is 1. The molecule has 0 aliphatic heterocycles. The summed E-state index contributed by atoms with van der Waals surface area (Å²) in [6, 6.07) is 12.2. The van der Waals surface area contributed by atoms with Crippen molar-refractivity contribution in [3.8, 4) is 0 Å². The lowest BCUT2D eigenvalue weighted by Crippen LogP contribution is -2.15. The molecule has 1 aromatic carbocycles. The second kappa shape index (κ2) is 4.85. The summed E-state index contributed by atoms with van der Waals surface area (Å²) in [6.07, 6.45) is 6.03. The van der Waals surface area contributed by atoms with Crippen molar-refractivity contribution in [1.29, 1.82) is 0 Å². The molecule has 2 fully saturated rings. The van der Waals surface area contributed by atoms with E-state index in [4.69, 9.17) is 0 Å². The normalized spacial score (nSPS) is 29.9. The molecular formula is C18H21NO. The summed E-state index contributed by atoms with van der Waals surface area (Å²) in [4.78, 5) is 4.63. The number of para-hydroxylation sites is 1. The van der Waals surface area contributed by atoms with Crippen LogP contribution < -0.4 is 0 Å². The maximum absolute atomic E-state index is 10.5. The van der Waals surface area contributed by atoms with E-state index in [0.717, 1.165) is 40.8 Å². The SMILES string of the molecule is OC(CC1CC2CCC1C2)c1ccc2ccccc2n1. The van der Waals surface area contributed by atoms with Crippen LogP contribution in [0.25, 0.3) is 10.9 Å². The Labute approximate surface area is 119 Å². The number of aliphatic hydroxyl groups is 1. The minimum atomic E-state index is -0.399. The van der Waals surface area contributed by atoms with Gasteiger partial charge in [0.2, 0.25) is 0 Å². The van der Waals surface area contributed by atoms with E-state index in [1.165, 1.54) is 25.7 Å². The predicted molar refractivity (Wildman–Crippen MR) is 80.3 cm³/mol. The number of benzene rings is 1. The summed E-state index contributed by atoms with van der Waals surface area (Å²) >= 11 is 0. The van der Waals surface area contributed by atoms with Crippen LogP contribution in [0.15, 0.2) is 36.4 Å². The number of hydrogen-bond donors (Lipinski definition) is 1. The standard InChI is InChI=1S/C18H21NO/c20-18(11-15-10-12-5-6-14(15)9-12)17-8-7-13-3-1-2-4-16(13)19-17/h1-4,7-8,12,14-15,18,20H,5-6,9-11H2. The summed E-state index contributed by atoms with van der Waals surface area (Å²) in [5.41, 5.74) is 1.82. The highest BCUT2D eigenvalue weighted by Gasteiger charge is 2.40. The van der Waals surface area contributed by atoms with E-state index >= 15 is 0 Å². The van der Waals surface area contributed by atoms with Crippen LogP contribution in [0.5, 0.6) is 0 Å². The van der Waals surface area contributed by atoms with Crippen LogP contribution in [0.2, 0.25) is 0 Å². The van der Waals surface area contributed by atoms with Gasteiger partial charge in [-0.2, -0.15) is 0 Å². The molecule has 20 heavy (non-hydrogen) atoms. The first-order chi connectivity index (χ1) is 9.79. The van der Waals surface area contributed by atoms with Crippen LogP contribution >= 0.6 is 0 Å². The van der Waals surface area contributed by atoms with Gasteiger partial charge in [-0.15, -0.1) is 0 Å². The fourth-order valence-electron chi connectivity index (χ4n) is 4.34. The van der Waals surface area contributed by atoms with Crippen molar-refractivity contribution in [3.63, 3.8) is 0 Å². The highest BCUT2D eigenvalue weighted by molar-refractivity contribution is 5.78. The molecule has 4 atom stereocenters. The van der Waals surface area contributed by atoms with Crippen LogP contribution in [0, 0.1) is 17.8 Å². The third-order valence-corrected chi connectivity index (χ3v) is 5.37. The summed E-state index contributed by atoms with van der Waals surface area (Å²) in [5.74, 6) is 2.54. The molecule has 2 heteroatoms. The molecular weight excluding hydrogens is 246 g/mol. The molecule has 4 unspecified atom stereocenters. The lowest BCUT2D eigenvalue weighted by Gasteiger charge is -2.24. The van der Waals surface area contributed by atoms with Gasteiger partial charge in [-0.25, -0.2) is 0 Å². The number of nitrogens with zero attached hydrogens (tertiary/aromatic N) is 1. The first-order valence-electron chi connectivity index (χ1n) is 7.83. The van der Waals surface area contributed by atoms with E-state index in [1.807, 2.05) is 24.3 Å². The monoisotopic (exact) mass is 267 g/mol. The molecule has 0 amide bonds. The summed E-state index contributed by atoms with van der Waals surface area (Å²) in [6.45, 7) is 0. The van der Waals surface area contributed by atoms with Gasteiger partial charge < -0.3 is 5.11 Å². The first kappa shape index (κ1) is 12.3. The Morgan fingerprint density at radius 1 is 1.10 bits per heavy atom. The van der Waals surface area contributed by atoms with E-state index in [0.29, 0.717) is 0 Å². The molecule has 2 nitrogen and oxygen atoms in total. The van der Waals surface area contributed by atoms with Gasteiger partial charge in [0, 0.05) is 5.39 Å². The molecule has 104 valence electrons. The molecule has 1 N–H and O–H groups in total. The van der Waals surface area contributed by atoms with Gasteiger partial charge in [0.05, 0.1) is 17.3 Å². The number of fused-ring (bicyclic) bond motifs is 3. The molecule has 2 aliphatic rings. The molecule has 0 radical (unpaired) electrons. The van der Waals surface area contributed by atoms with Gasteiger partial charge in [0.1, 0.15) is 0 Å². The average Bonchev–Trinajstić information content (AvgIpc) is 3.09. The second-order valence-electron chi connectivity index (χ2n) is 6.62. The quantitative estimate of drug-likeness (QED) is 0.908. The van der Waals surface area contributed by atoms with Crippen LogP contribution in [0.3, 0.4) is 0 Å². The molecule has 0 spiro atoms. The van der Waals surface area contributed by atoms with Gasteiger partial charge in [0.15, 0.2) is 0 Å². The lowest BCUT2D eigenvalue weighted by molar-refractivity contribution is 0.122. The maximum Gasteiger partial charge on any atom is 0.0962 e.